The number of phosphoric acid groups is 1. The maximum absolute atomic E-state index is 12.9. The van der Waals surface area contributed by atoms with Crippen LogP contribution in [0.2, 0.25) is 0 Å². The van der Waals surface area contributed by atoms with Crippen LogP contribution in [-0.4, -0.2) is 68.5 Å². The number of phosphoric ester groups is 1. The Labute approximate surface area is 365 Å². The highest BCUT2D eigenvalue weighted by Crippen LogP contribution is 2.38. The number of amides is 1. The molecule has 0 aromatic heterocycles. The van der Waals surface area contributed by atoms with E-state index in [9.17, 15) is 19.4 Å². The van der Waals surface area contributed by atoms with Crippen LogP contribution in [0.15, 0.2) is 48.6 Å². The van der Waals surface area contributed by atoms with Gasteiger partial charge in [-0.15, -0.1) is 0 Å². The van der Waals surface area contributed by atoms with Crippen molar-refractivity contribution in [1.82, 2.24) is 5.32 Å². The van der Waals surface area contributed by atoms with E-state index in [1.807, 2.05) is 27.2 Å². The first-order chi connectivity index (χ1) is 28.5. The molecule has 8 nitrogen and oxygen atoms in total. The molecule has 0 bridgehead atoms. The van der Waals surface area contributed by atoms with Gasteiger partial charge >= 0.3 is 0 Å². The van der Waals surface area contributed by atoms with Gasteiger partial charge in [-0.2, -0.15) is 0 Å². The third-order valence-electron chi connectivity index (χ3n) is 10.8. The minimum atomic E-state index is -4.59. The van der Waals surface area contributed by atoms with Gasteiger partial charge in [0.25, 0.3) is 7.82 Å². The van der Waals surface area contributed by atoms with Crippen molar-refractivity contribution in [1.29, 1.82) is 0 Å². The largest absolute Gasteiger partial charge is 0.756 e. The number of nitrogens with zero attached hydrogens (tertiary/aromatic N) is 1. The molecular formula is C50H95N2O6P. The Balaban J connectivity index is 4.36. The van der Waals surface area contributed by atoms with E-state index in [-0.39, 0.29) is 19.1 Å². The molecule has 9 heteroatoms. The van der Waals surface area contributed by atoms with Crippen LogP contribution in [0.1, 0.15) is 213 Å². The first kappa shape index (κ1) is 57.5. The highest BCUT2D eigenvalue weighted by atomic mass is 31.2. The summed E-state index contributed by atoms with van der Waals surface area (Å²) >= 11 is 0. The average Bonchev–Trinajstić information content (AvgIpc) is 3.19. The maximum Gasteiger partial charge on any atom is 0.268 e. The van der Waals surface area contributed by atoms with E-state index in [0.29, 0.717) is 17.4 Å². The standard InChI is InChI=1S/C50H95N2O6P/c1-6-8-10-12-14-16-18-20-22-24-25-26-28-29-31-33-35-37-39-41-43-49(53)48(47-58-59(55,56)57-46-45-52(3,4)5)51-50(54)44-42-40-38-36-34-32-30-27-23-21-19-17-15-13-11-9-7-2/h9,11,15,17,21,23,41,43,48-49,53H,6-8,10,12-14,16,18-20,22,24-40,42,44-47H2,1-5H3,(H-,51,54,55,56)/b11-9-,17-15-,23-21-,43-41+. The van der Waals surface area contributed by atoms with Crippen LogP contribution < -0.4 is 10.2 Å². The zero-order valence-corrected chi connectivity index (χ0v) is 40.1. The lowest BCUT2D eigenvalue weighted by Crippen LogP contribution is -2.45. The number of allylic oxidation sites excluding steroid dienone is 7. The molecule has 0 radical (unpaired) electrons. The number of nitrogens with one attached hydrogen (secondary N) is 1. The first-order valence-electron chi connectivity index (χ1n) is 24.5. The smallest absolute Gasteiger partial charge is 0.268 e. The van der Waals surface area contributed by atoms with Crippen LogP contribution in [-0.2, 0) is 18.4 Å². The molecule has 0 aliphatic rings. The molecule has 0 spiro atoms. The summed E-state index contributed by atoms with van der Waals surface area (Å²) in [6, 6.07) is -0.892. The molecule has 0 aliphatic heterocycles. The Bertz CT molecular complexity index is 1100. The fraction of sp³-hybridized carbons (Fsp3) is 0.820. The van der Waals surface area contributed by atoms with Crippen LogP contribution in [0.3, 0.4) is 0 Å². The van der Waals surface area contributed by atoms with Crippen LogP contribution in [0, 0.1) is 0 Å². The summed E-state index contributed by atoms with van der Waals surface area (Å²) < 4.78 is 23.3. The average molecular weight is 851 g/mol. The monoisotopic (exact) mass is 851 g/mol. The molecule has 346 valence electrons. The van der Waals surface area contributed by atoms with Gasteiger partial charge in [-0.05, 0) is 51.4 Å². The molecule has 0 rings (SSSR count). The topological polar surface area (TPSA) is 108 Å². The summed E-state index contributed by atoms with van der Waals surface area (Å²) in [4.78, 5) is 25.4. The predicted octanol–water partition coefficient (Wildman–Crippen LogP) is 13.4. The normalized spacial score (nSPS) is 14.6. The summed E-state index contributed by atoms with van der Waals surface area (Å²) in [7, 11) is 1.25. The van der Waals surface area contributed by atoms with Crippen molar-refractivity contribution in [2.75, 3.05) is 40.9 Å². The van der Waals surface area contributed by atoms with Crippen molar-refractivity contribution >= 4 is 13.7 Å². The molecule has 1 amide bonds. The Kier molecular flexibility index (Phi) is 40.7. The van der Waals surface area contributed by atoms with E-state index in [2.05, 4.69) is 55.6 Å². The van der Waals surface area contributed by atoms with Crippen LogP contribution >= 0.6 is 7.82 Å². The van der Waals surface area contributed by atoms with E-state index in [1.165, 1.54) is 122 Å². The molecule has 0 aromatic carbocycles. The Hall–Kier alpha value is -1.54. The molecule has 0 heterocycles. The van der Waals surface area contributed by atoms with E-state index < -0.39 is 20.0 Å². The van der Waals surface area contributed by atoms with Crippen molar-refractivity contribution < 1.29 is 32.9 Å². The molecular weight excluding hydrogens is 756 g/mol. The second kappa shape index (κ2) is 41.8. The van der Waals surface area contributed by atoms with Crippen molar-refractivity contribution in [3.05, 3.63) is 48.6 Å². The van der Waals surface area contributed by atoms with E-state index in [4.69, 9.17) is 9.05 Å². The number of hydrogen-bond acceptors (Lipinski definition) is 6. The molecule has 59 heavy (non-hydrogen) atoms. The van der Waals surface area contributed by atoms with E-state index >= 15 is 0 Å². The lowest BCUT2D eigenvalue weighted by molar-refractivity contribution is -0.870. The number of unbranched alkanes of at least 4 members (excludes halogenated alkanes) is 25. The number of aliphatic hydroxyl groups is 1. The molecule has 0 aromatic rings. The number of carbonyl (C=O) groups excluding carboxylic acids is 1. The number of quaternary nitrogens is 1. The van der Waals surface area contributed by atoms with Gasteiger partial charge in [-0.25, -0.2) is 0 Å². The first-order valence-corrected chi connectivity index (χ1v) is 26.0. The van der Waals surface area contributed by atoms with Crippen molar-refractivity contribution in [3.63, 3.8) is 0 Å². The molecule has 3 atom stereocenters. The molecule has 0 saturated heterocycles. The molecule has 0 saturated carbocycles. The quantitative estimate of drug-likeness (QED) is 0.0274. The number of aliphatic hydroxyl groups excluding tert-OH is 1. The lowest BCUT2D eigenvalue weighted by Gasteiger charge is -2.29. The summed E-state index contributed by atoms with van der Waals surface area (Å²) in [5, 5.41) is 13.8. The summed E-state index contributed by atoms with van der Waals surface area (Å²) in [5.41, 5.74) is 0. The Morgan fingerprint density at radius 1 is 0.610 bits per heavy atom. The van der Waals surface area contributed by atoms with Gasteiger partial charge < -0.3 is 28.8 Å². The Morgan fingerprint density at radius 3 is 1.51 bits per heavy atom. The lowest BCUT2D eigenvalue weighted by atomic mass is 10.0. The maximum atomic E-state index is 12.9. The molecule has 3 unspecified atom stereocenters. The van der Waals surface area contributed by atoms with E-state index in [1.54, 1.807) is 6.08 Å². The van der Waals surface area contributed by atoms with Gasteiger partial charge in [0.05, 0.1) is 39.9 Å². The minimum absolute atomic E-state index is 0.00431. The number of carbonyl (C=O) groups is 1. The summed E-state index contributed by atoms with van der Waals surface area (Å²) in [5.74, 6) is -0.208. The summed E-state index contributed by atoms with van der Waals surface area (Å²) in [6.07, 6.45) is 53.0. The molecule has 0 aliphatic carbocycles. The predicted molar refractivity (Wildman–Crippen MR) is 251 cm³/mol. The number of rotatable bonds is 44. The van der Waals surface area contributed by atoms with Gasteiger partial charge in [0, 0.05) is 6.42 Å². The van der Waals surface area contributed by atoms with Gasteiger partial charge in [-0.1, -0.05) is 204 Å². The van der Waals surface area contributed by atoms with E-state index in [0.717, 1.165) is 70.6 Å². The number of hydrogen-bond donors (Lipinski definition) is 2. The zero-order valence-electron chi connectivity index (χ0n) is 39.2. The number of likely N-dealkylation sites (N-methyl/N-ethyl adjacent to an activating group) is 1. The van der Waals surface area contributed by atoms with Crippen LogP contribution in [0.5, 0.6) is 0 Å². The van der Waals surface area contributed by atoms with Crippen LogP contribution in [0.4, 0.5) is 0 Å². The van der Waals surface area contributed by atoms with Crippen molar-refractivity contribution in [2.45, 2.75) is 225 Å². The summed E-state index contributed by atoms with van der Waals surface area (Å²) in [6.45, 7) is 4.54. The van der Waals surface area contributed by atoms with Gasteiger partial charge in [0.2, 0.25) is 5.91 Å². The third kappa shape index (κ3) is 44.3. The van der Waals surface area contributed by atoms with Crippen LogP contribution in [0.25, 0.3) is 0 Å². The third-order valence-corrected chi connectivity index (χ3v) is 11.8. The fourth-order valence-corrected chi connectivity index (χ4v) is 7.65. The SMILES string of the molecule is CC/C=C\C/C=C\C/C=C\CCCCCCCCCC(=O)NC(COP(=O)([O-])OCC[N+](C)(C)C)C(O)/C=C/CCCCCCCCCCCCCCCCCCCC. The minimum Gasteiger partial charge on any atom is -0.756 e. The highest BCUT2D eigenvalue weighted by molar-refractivity contribution is 7.45. The fourth-order valence-electron chi connectivity index (χ4n) is 6.93. The highest BCUT2D eigenvalue weighted by Gasteiger charge is 2.23. The Morgan fingerprint density at radius 2 is 1.03 bits per heavy atom. The zero-order chi connectivity index (χ0) is 43.6. The second-order valence-electron chi connectivity index (χ2n) is 17.8. The van der Waals surface area contributed by atoms with Crippen molar-refractivity contribution in [3.8, 4) is 0 Å². The molecule has 2 N–H and O–H groups in total. The van der Waals surface area contributed by atoms with Gasteiger partial charge in [0.1, 0.15) is 13.2 Å². The van der Waals surface area contributed by atoms with Crippen molar-refractivity contribution in [2.24, 2.45) is 0 Å². The molecule has 0 fully saturated rings. The van der Waals surface area contributed by atoms with Gasteiger partial charge in [-0.3, -0.25) is 9.36 Å². The van der Waals surface area contributed by atoms with Gasteiger partial charge in [0.15, 0.2) is 0 Å². The second-order valence-corrected chi connectivity index (χ2v) is 19.2.